The Morgan fingerprint density at radius 1 is 1.24 bits per heavy atom. The van der Waals surface area contributed by atoms with Crippen LogP contribution >= 0.6 is 0 Å². The number of nitrogens with one attached hydrogen (secondary N) is 1. The SMILES string of the molecule is CC[C@@H]1CN(C(=O)c2c[nH]c(=O)n(C)c2=O)CC[C@@H]1c1ccccc1. The van der Waals surface area contributed by atoms with Gasteiger partial charge in [0.2, 0.25) is 0 Å². The number of hydrogen-bond donors (Lipinski definition) is 1. The molecule has 0 bridgehead atoms. The predicted octanol–water partition coefficient (Wildman–Crippen LogP) is 1.73. The Kier molecular flexibility index (Phi) is 4.88. The molecule has 1 saturated heterocycles. The van der Waals surface area contributed by atoms with E-state index in [0.717, 1.165) is 17.4 Å². The second kappa shape index (κ2) is 7.09. The van der Waals surface area contributed by atoms with Crippen LogP contribution in [0.1, 0.15) is 41.6 Å². The minimum absolute atomic E-state index is 0.0233. The minimum Gasteiger partial charge on any atom is -0.338 e. The van der Waals surface area contributed by atoms with Crippen LogP contribution in [0.15, 0.2) is 46.1 Å². The molecule has 1 N–H and O–H groups in total. The van der Waals surface area contributed by atoms with Crippen LogP contribution in [-0.2, 0) is 7.05 Å². The topological polar surface area (TPSA) is 75.2 Å². The third kappa shape index (κ3) is 3.29. The molecular formula is C19H23N3O3. The van der Waals surface area contributed by atoms with Gasteiger partial charge in [-0.25, -0.2) is 4.79 Å². The number of carbonyl (C=O) groups excluding carboxylic acids is 1. The van der Waals surface area contributed by atoms with Gasteiger partial charge < -0.3 is 9.88 Å². The van der Waals surface area contributed by atoms with Crippen LogP contribution in [-0.4, -0.2) is 33.4 Å². The van der Waals surface area contributed by atoms with E-state index in [1.165, 1.54) is 18.8 Å². The summed E-state index contributed by atoms with van der Waals surface area (Å²) in [5.41, 5.74) is 0.263. The van der Waals surface area contributed by atoms with E-state index >= 15 is 0 Å². The molecule has 25 heavy (non-hydrogen) atoms. The Labute approximate surface area is 146 Å². The normalized spacial score (nSPS) is 20.5. The van der Waals surface area contributed by atoms with E-state index in [2.05, 4.69) is 24.0 Å². The Hall–Kier alpha value is -2.63. The molecule has 0 spiro atoms. The van der Waals surface area contributed by atoms with Crippen molar-refractivity contribution in [3.05, 3.63) is 68.5 Å². The maximum Gasteiger partial charge on any atom is 0.328 e. The Morgan fingerprint density at radius 3 is 2.64 bits per heavy atom. The molecule has 1 aromatic carbocycles. The van der Waals surface area contributed by atoms with E-state index in [0.29, 0.717) is 24.9 Å². The lowest BCUT2D eigenvalue weighted by Crippen LogP contribution is -2.46. The van der Waals surface area contributed by atoms with Gasteiger partial charge in [0, 0.05) is 26.3 Å². The number of benzene rings is 1. The number of rotatable bonds is 3. The first kappa shape index (κ1) is 17.2. The number of H-pyrrole nitrogens is 1. The van der Waals surface area contributed by atoms with Gasteiger partial charge in [-0.3, -0.25) is 14.2 Å². The van der Waals surface area contributed by atoms with E-state index < -0.39 is 11.2 Å². The molecule has 1 aliphatic heterocycles. The van der Waals surface area contributed by atoms with Gasteiger partial charge in [-0.1, -0.05) is 43.7 Å². The van der Waals surface area contributed by atoms with E-state index in [4.69, 9.17) is 0 Å². The predicted molar refractivity (Wildman–Crippen MR) is 95.8 cm³/mol. The van der Waals surface area contributed by atoms with Gasteiger partial charge in [0.05, 0.1) is 0 Å². The molecule has 3 rings (SSSR count). The zero-order valence-corrected chi connectivity index (χ0v) is 14.6. The van der Waals surface area contributed by atoms with Crippen LogP contribution in [0.25, 0.3) is 0 Å². The van der Waals surface area contributed by atoms with Crippen LogP contribution in [0.2, 0.25) is 0 Å². The van der Waals surface area contributed by atoms with Gasteiger partial charge in [0.15, 0.2) is 0 Å². The molecule has 1 fully saturated rings. The highest BCUT2D eigenvalue weighted by Crippen LogP contribution is 2.35. The third-order valence-electron chi connectivity index (χ3n) is 5.18. The molecule has 6 heteroatoms. The molecule has 2 atom stereocenters. The molecule has 2 heterocycles. The average Bonchev–Trinajstić information content (AvgIpc) is 2.66. The fraction of sp³-hybridized carbons (Fsp3) is 0.421. The highest BCUT2D eigenvalue weighted by atomic mass is 16.2. The quantitative estimate of drug-likeness (QED) is 0.924. The first-order chi connectivity index (χ1) is 12.0. The first-order valence-electron chi connectivity index (χ1n) is 8.65. The number of carbonyl (C=O) groups is 1. The van der Waals surface area contributed by atoms with E-state index in [-0.39, 0.29) is 11.5 Å². The number of hydrogen-bond acceptors (Lipinski definition) is 3. The Morgan fingerprint density at radius 2 is 1.96 bits per heavy atom. The number of aromatic amines is 1. The van der Waals surface area contributed by atoms with E-state index in [1.807, 2.05) is 18.2 Å². The Balaban J connectivity index is 1.82. The van der Waals surface area contributed by atoms with Crippen LogP contribution in [0, 0.1) is 5.92 Å². The molecule has 0 saturated carbocycles. The molecule has 132 valence electrons. The molecular weight excluding hydrogens is 318 g/mol. The fourth-order valence-electron chi connectivity index (χ4n) is 3.66. The monoisotopic (exact) mass is 341 g/mol. The highest BCUT2D eigenvalue weighted by molar-refractivity contribution is 5.93. The second-order valence-electron chi connectivity index (χ2n) is 6.60. The molecule has 0 unspecified atom stereocenters. The molecule has 0 radical (unpaired) electrons. The first-order valence-corrected chi connectivity index (χ1v) is 8.65. The van der Waals surface area contributed by atoms with Crippen molar-refractivity contribution < 1.29 is 4.79 Å². The molecule has 6 nitrogen and oxygen atoms in total. The molecule has 2 aromatic rings. The number of likely N-dealkylation sites (tertiary alicyclic amines) is 1. The van der Waals surface area contributed by atoms with Gasteiger partial charge in [0.25, 0.3) is 11.5 Å². The van der Waals surface area contributed by atoms with Crippen LogP contribution in [0.4, 0.5) is 0 Å². The van der Waals surface area contributed by atoms with Gasteiger partial charge in [-0.2, -0.15) is 0 Å². The second-order valence-corrected chi connectivity index (χ2v) is 6.60. The van der Waals surface area contributed by atoms with Crippen molar-refractivity contribution >= 4 is 5.91 Å². The van der Waals surface area contributed by atoms with E-state index in [9.17, 15) is 14.4 Å². The van der Waals surface area contributed by atoms with Crippen molar-refractivity contribution in [3.8, 4) is 0 Å². The summed E-state index contributed by atoms with van der Waals surface area (Å²) in [7, 11) is 1.37. The molecule has 0 aliphatic carbocycles. The summed E-state index contributed by atoms with van der Waals surface area (Å²) in [6.07, 6.45) is 3.07. The summed E-state index contributed by atoms with van der Waals surface area (Å²) in [5.74, 6) is 0.474. The Bertz CT molecular complexity index is 869. The minimum atomic E-state index is -0.549. The number of aromatic nitrogens is 2. The number of piperidine rings is 1. The van der Waals surface area contributed by atoms with Crippen molar-refractivity contribution in [2.45, 2.75) is 25.7 Å². The van der Waals surface area contributed by atoms with Crippen molar-refractivity contribution in [2.75, 3.05) is 13.1 Å². The molecule has 1 aliphatic rings. The zero-order valence-electron chi connectivity index (χ0n) is 14.6. The van der Waals surface area contributed by atoms with Crippen molar-refractivity contribution in [1.29, 1.82) is 0 Å². The van der Waals surface area contributed by atoms with E-state index in [1.54, 1.807) is 4.90 Å². The summed E-state index contributed by atoms with van der Waals surface area (Å²) in [4.78, 5) is 40.6. The molecule has 1 aromatic heterocycles. The zero-order chi connectivity index (χ0) is 18.0. The summed E-state index contributed by atoms with van der Waals surface area (Å²) in [5, 5.41) is 0. The lowest BCUT2D eigenvalue weighted by molar-refractivity contribution is 0.0642. The van der Waals surface area contributed by atoms with Gasteiger partial charge >= 0.3 is 5.69 Å². The summed E-state index contributed by atoms with van der Waals surface area (Å²) in [6.45, 7) is 3.36. The van der Waals surface area contributed by atoms with Gasteiger partial charge in [0.1, 0.15) is 5.56 Å². The van der Waals surface area contributed by atoms with Crippen molar-refractivity contribution in [1.82, 2.24) is 14.5 Å². The lowest BCUT2D eigenvalue weighted by Gasteiger charge is -2.38. The molecule has 1 amide bonds. The number of nitrogens with zero attached hydrogens (tertiary/aromatic N) is 2. The summed E-state index contributed by atoms with van der Waals surface area (Å²) < 4.78 is 0.932. The van der Waals surface area contributed by atoms with Crippen molar-refractivity contribution in [3.63, 3.8) is 0 Å². The largest absolute Gasteiger partial charge is 0.338 e. The summed E-state index contributed by atoms with van der Waals surface area (Å²) >= 11 is 0. The van der Waals surface area contributed by atoms with Crippen LogP contribution < -0.4 is 11.2 Å². The highest BCUT2D eigenvalue weighted by Gasteiger charge is 2.32. The maximum atomic E-state index is 12.8. The van der Waals surface area contributed by atoms with Crippen LogP contribution in [0.3, 0.4) is 0 Å². The maximum absolute atomic E-state index is 12.8. The average molecular weight is 341 g/mol. The van der Waals surface area contributed by atoms with Crippen molar-refractivity contribution in [2.24, 2.45) is 13.0 Å². The summed E-state index contributed by atoms with van der Waals surface area (Å²) in [6, 6.07) is 10.4. The third-order valence-corrected chi connectivity index (χ3v) is 5.18. The fourth-order valence-corrected chi connectivity index (χ4v) is 3.66. The number of amides is 1. The standard InChI is InChI=1S/C19H23N3O3/c1-3-13-12-22(10-9-15(13)14-7-5-4-6-8-14)18(24)16-11-20-19(25)21(2)17(16)23/h4-8,11,13,15H,3,9-10,12H2,1-2H3,(H,20,25)/t13-,15+/m1/s1. The smallest absolute Gasteiger partial charge is 0.328 e. The van der Waals surface area contributed by atoms with Gasteiger partial charge in [-0.05, 0) is 23.8 Å². The lowest BCUT2D eigenvalue weighted by atomic mass is 9.79. The van der Waals surface area contributed by atoms with Gasteiger partial charge in [-0.15, -0.1) is 0 Å². The van der Waals surface area contributed by atoms with Crippen LogP contribution in [0.5, 0.6) is 0 Å².